The first-order valence-corrected chi connectivity index (χ1v) is 5.53. The van der Waals surface area contributed by atoms with Gasteiger partial charge in [-0.25, -0.2) is 0 Å². The van der Waals surface area contributed by atoms with Gasteiger partial charge >= 0.3 is 0 Å². The fourth-order valence-electron chi connectivity index (χ4n) is 1.43. The largest absolute Gasteiger partial charge is 0.330 e. The topological polar surface area (TPSA) is 41.3 Å². The second-order valence-corrected chi connectivity index (χ2v) is 5.04. The van der Waals surface area contributed by atoms with Gasteiger partial charge in [-0.05, 0) is 52.0 Å². The maximum Gasteiger partial charge on any atom is 0.000300 e. The minimum absolute atomic E-state index is 0.340. The van der Waals surface area contributed by atoms with Crippen molar-refractivity contribution in [3.63, 3.8) is 0 Å². The molecule has 14 heavy (non-hydrogen) atoms. The van der Waals surface area contributed by atoms with Crippen LogP contribution in [0.1, 0.15) is 26.7 Å². The molecule has 0 amide bonds. The van der Waals surface area contributed by atoms with Crippen LogP contribution in [0, 0.1) is 5.41 Å². The molecular weight excluding hydrogens is 174 g/mol. The summed E-state index contributed by atoms with van der Waals surface area (Å²) in [5, 5.41) is 3.48. The molecule has 0 aliphatic rings. The van der Waals surface area contributed by atoms with Crippen molar-refractivity contribution in [1.29, 1.82) is 0 Å². The van der Waals surface area contributed by atoms with Gasteiger partial charge in [0.25, 0.3) is 0 Å². The monoisotopic (exact) mass is 201 g/mol. The molecule has 0 fully saturated rings. The van der Waals surface area contributed by atoms with Gasteiger partial charge in [0.2, 0.25) is 0 Å². The Bertz CT molecular complexity index is 132. The van der Waals surface area contributed by atoms with Crippen molar-refractivity contribution in [2.45, 2.75) is 26.7 Å². The standard InChI is InChI=1S/C11H27N3/c1-11(2,6-7-12)10-13-8-5-9-14(3)4/h13H,5-10,12H2,1-4H3. The Morgan fingerprint density at radius 2 is 1.93 bits per heavy atom. The van der Waals surface area contributed by atoms with Gasteiger partial charge in [0.05, 0.1) is 0 Å². The van der Waals surface area contributed by atoms with E-state index in [1.807, 2.05) is 0 Å². The first-order valence-electron chi connectivity index (χ1n) is 5.53. The van der Waals surface area contributed by atoms with Crippen molar-refractivity contribution < 1.29 is 0 Å². The molecule has 0 heterocycles. The zero-order chi connectivity index (χ0) is 11.0. The molecule has 86 valence electrons. The zero-order valence-corrected chi connectivity index (χ0v) is 10.3. The van der Waals surface area contributed by atoms with Crippen molar-refractivity contribution in [1.82, 2.24) is 10.2 Å². The summed E-state index contributed by atoms with van der Waals surface area (Å²) in [4.78, 5) is 2.21. The van der Waals surface area contributed by atoms with E-state index in [0.29, 0.717) is 5.41 Å². The molecule has 0 aliphatic carbocycles. The van der Waals surface area contributed by atoms with Crippen LogP contribution in [0.25, 0.3) is 0 Å². The first kappa shape index (κ1) is 13.9. The van der Waals surface area contributed by atoms with Crippen LogP contribution in [0.15, 0.2) is 0 Å². The van der Waals surface area contributed by atoms with E-state index in [-0.39, 0.29) is 0 Å². The zero-order valence-electron chi connectivity index (χ0n) is 10.3. The summed E-state index contributed by atoms with van der Waals surface area (Å²) in [6.07, 6.45) is 2.30. The minimum atomic E-state index is 0.340. The molecule has 0 saturated carbocycles. The summed E-state index contributed by atoms with van der Waals surface area (Å²) in [6.45, 7) is 8.64. The Morgan fingerprint density at radius 3 is 2.43 bits per heavy atom. The smallest absolute Gasteiger partial charge is 0.000300 e. The number of nitrogens with zero attached hydrogens (tertiary/aromatic N) is 1. The van der Waals surface area contributed by atoms with Gasteiger partial charge in [0.1, 0.15) is 0 Å². The SMILES string of the molecule is CN(C)CCCNCC(C)(C)CCN. The number of hydrogen-bond donors (Lipinski definition) is 2. The second-order valence-electron chi connectivity index (χ2n) is 5.04. The maximum atomic E-state index is 5.55. The number of nitrogens with two attached hydrogens (primary N) is 1. The van der Waals surface area contributed by atoms with E-state index in [0.717, 1.165) is 32.6 Å². The van der Waals surface area contributed by atoms with Crippen molar-refractivity contribution in [2.24, 2.45) is 11.1 Å². The van der Waals surface area contributed by atoms with Gasteiger partial charge in [0, 0.05) is 6.54 Å². The molecule has 3 heteroatoms. The van der Waals surface area contributed by atoms with Crippen LogP contribution in [-0.2, 0) is 0 Å². The molecule has 0 radical (unpaired) electrons. The van der Waals surface area contributed by atoms with Crippen molar-refractivity contribution in [2.75, 3.05) is 40.3 Å². The van der Waals surface area contributed by atoms with Gasteiger partial charge in [-0.3, -0.25) is 0 Å². The lowest BCUT2D eigenvalue weighted by atomic mass is 9.89. The highest BCUT2D eigenvalue weighted by Crippen LogP contribution is 2.17. The second kappa shape index (κ2) is 7.21. The van der Waals surface area contributed by atoms with Gasteiger partial charge in [-0.15, -0.1) is 0 Å². The van der Waals surface area contributed by atoms with Gasteiger partial charge < -0.3 is 16.0 Å². The van der Waals surface area contributed by atoms with Crippen LogP contribution in [0.5, 0.6) is 0 Å². The van der Waals surface area contributed by atoms with Crippen molar-refractivity contribution >= 4 is 0 Å². The highest BCUT2D eigenvalue weighted by Gasteiger charge is 2.15. The highest BCUT2D eigenvalue weighted by atomic mass is 15.1. The number of hydrogen-bond acceptors (Lipinski definition) is 3. The molecule has 0 aromatic heterocycles. The Labute approximate surface area is 89.0 Å². The number of nitrogens with one attached hydrogen (secondary N) is 1. The van der Waals surface area contributed by atoms with E-state index in [4.69, 9.17) is 5.73 Å². The van der Waals surface area contributed by atoms with Crippen LogP contribution < -0.4 is 11.1 Å². The van der Waals surface area contributed by atoms with Gasteiger partial charge in [-0.1, -0.05) is 13.8 Å². The van der Waals surface area contributed by atoms with Gasteiger partial charge in [0.15, 0.2) is 0 Å². The average Bonchev–Trinajstić information content (AvgIpc) is 2.02. The third-order valence-corrected chi connectivity index (χ3v) is 2.38. The third kappa shape index (κ3) is 8.48. The Hall–Kier alpha value is -0.120. The number of rotatable bonds is 8. The van der Waals surface area contributed by atoms with Crippen LogP contribution >= 0.6 is 0 Å². The summed E-state index contributed by atoms with van der Waals surface area (Å²) in [5.74, 6) is 0. The summed E-state index contributed by atoms with van der Waals surface area (Å²) in [6, 6.07) is 0. The first-order chi connectivity index (χ1) is 6.48. The fraction of sp³-hybridized carbons (Fsp3) is 1.00. The predicted octanol–water partition coefficient (Wildman–Crippen LogP) is 0.903. The molecule has 0 atom stereocenters. The lowest BCUT2D eigenvalue weighted by molar-refractivity contribution is 0.313. The molecule has 0 aromatic carbocycles. The van der Waals surface area contributed by atoms with Crippen molar-refractivity contribution in [3.05, 3.63) is 0 Å². The lowest BCUT2D eigenvalue weighted by Crippen LogP contribution is -2.32. The molecule has 0 aromatic rings. The Morgan fingerprint density at radius 1 is 1.29 bits per heavy atom. The highest BCUT2D eigenvalue weighted by molar-refractivity contribution is 4.71. The fourth-order valence-corrected chi connectivity index (χ4v) is 1.43. The summed E-state index contributed by atoms with van der Waals surface area (Å²) in [5.41, 5.74) is 5.89. The normalized spacial score (nSPS) is 12.4. The van der Waals surface area contributed by atoms with Crippen LogP contribution in [0.3, 0.4) is 0 Å². The summed E-state index contributed by atoms with van der Waals surface area (Å²) in [7, 11) is 4.22. The van der Waals surface area contributed by atoms with E-state index in [1.54, 1.807) is 0 Å². The molecule has 3 nitrogen and oxygen atoms in total. The molecule has 0 aliphatic heterocycles. The lowest BCUT2D eigenvalue weighted by Gasteiger charge is -2.24. The molecular formula is C11H27N3. The molecule has 0 unspecified atom stereocenters. The quantitative estimate of drug-likeness (QED) is 0.573. The molecule has 0 bridgehead atoms. The molecule has 3 N–H and O–H groups in total. The van der Waals surface area contributed by atoms with Crippen LogP contribution in [0.2, 0.25) is 0 Å². The molecule has 0 saturated heterocycles. The average molecular weight is 201 g/mol. The molecule has 0 spiro atoms. The summed E-state index contributed by atoms with van der Waals surface area (Å²) < 4.78 is 0. The van der Waals surface area contributed by atoms with E-state index in [2.05, 4.69) is 38.2 Å². The Kier molecular flexibility index (Phi) is 7.15. The van der Waals surface area contributed by atoms with E-state index < -0.39 is 0 Å². The van der Waals surface area contributed by atoms with Crippen LogP contribution in [-0.4, -0.2) is 45.2 Å². The van der Waals surface area contributed by atoms with E-state index >= 15 is 0 Å². The predicted molar refractivity (Wildman–Crippen MR) is 63.5 cm³/mol. The Balaban J connectivity index is 3.34. The van der Waals surface area contributed by atoms with Crippen molar-refractivity contribution in [3.8, 4) is 0 Å². The maximum absolute atomic E-state index is 5.55. The third-order valence-electron chi connectivity index (χ3n) is 2.38. The molecule has 0 rings (SSSR count). The van der Waals surface area contributed by atoms with Gasteiger partial charge in [-0.2, -0.15) is 0 Å². The summed E-state index contributed by atoms with van der Waals surface area (Å²) >= 11 is 0. The minimum Gasteiger partial charge on any atom is -0.330 e. The van der Waals surface area contributed by atoms with E-state index in [9.17, 15) is 0 Å². The van der Waals surface area contributed by atoms with E-state index in [1.165, 1.54) is 6.42 Å². The van der Waals surface area contributed by atoms with Crippen LogP contribution in [0.4, 0.5) is 0 Å².